The monoisotopic (exact) mass is 462 g/mol. The molecule has 2 bridgehead atoms. The summed E-state index contributed by atoms with van der Waals surface area (Å²) in [5.41, 5.74) is -2.47. The third-order valence-corrected chi connectivity index (χ3v) is 7.46. The van der Waals surface area contributed by atoms with Crippen molar-refractivity contribution in [3.8, 4) is 0 Å². The number of β-amino-alcohol motifs (C(OH)–C–C–N with tert-alkyl or cyclic N) is 1. The van der Waals surface area contributed by atoms with E-state index in [1.165, 1.54) is 4.90 Å². The molecule has 8 heteroatoms. The van der Waals surface area contributed by atoms with Crippen molar-refractivity contribution in [1.82, 2.24) is 9.80 Å². The highest BCUT2D eigenvalue weighted by Gasteiger charge is 2.79. The number of nitrogens with zero attached hydrogens (tertiary/aromatic N) is 2. The molecule has 3 aliphatic rings. The van der Waals surface area contributed by atoms with Crippen LogP contribution in [-0.2, 0) is 23.9 Å². The second-order valence-corrected chi connectivity index (χ2v) is 10.2. The van der Waals surface area contributed by atoms with E-state index in [9.17, 15) is 19.5 Å². The average Bonchev–Trinajstić information content (AvgIpc) is 3.35. The summed E-state index contributed by atoms with van der Waals surface area (Å²) in [5.74, 6) is -2.63. The molecule has 2 amide bonds. The van der Waals surface area contributed by atoms with E-state index < -0.39 is 40.6 Å². The lowest BCUT2D eigenvalue weighted by Gasteiger charge is -2.42. The summed E-state index contributed by atoms with van der Waals surface area (Å²) < 4.78 is 12.2. The minimum absolute atomic E-state index is 0.000277. The van der Waals surface area contributed by atoms with Gasteiger partial charge in [-0.3, -0.25) is 14.4 Å². The van der Waals surface area contributed by atoms with Crippen LogP contribution in [0.15, 0.2) is 25.3 Å². The molecule has 3 saturated heterocycles. The molecule has 5 atom stereocenters. The zero-order valence-electron chi connectivity index (χ0n) is 20.3. The smallest absolute Gasteiger partial charge is 0.312 e. The quantitative estimate of drug-likeness (QED) is 0.303. The molecule has 2 unspecified atom stereocenters. The van der Waals surface area contributed by atoms with Crippen molar-refractivity contribution >= 4 is 17.8 Å². The Morgan fingerprint density at radius 3 is 2.55 bits per heavy atom. The second kappa shape index (κ2) is 9.22. The van der Waals surface area contributed by atoms with Crippen molar-refractivity contribution in [3.63, 3.8) is 0 Å². The van der Waals surface area contributed by atoms with Gasteiger partial charge >= 0.3 is 5.97 Å². The Balaban J connectivity index is 2.07. The maximum absolute atomic E-state index is 14.0. The Hall–Kier alpha value is -2.19. The summed E-state index contributed by atoms with van der Waals surface area (Å²) in [6, 6.07) is -0.916. The Morgan fingerprint density at radius 2 is 2.00 bits per heavy atom. The molecule has 0 aromatic heterocycles. The van der Waals surface area contributed by atoms with E-state index >= 15 is 0 Å². The fourth-order valence-corrected chi connectivity index (χ4v) is 6.01. The molecule has 3 aliphatic heterocycles. The van der Waals surface area contributed by atoms with Crippen LogP contribution in [0.2, 0.25) is 0 Å². The van der Waals surface area contributed by atoms with Crippen molar-refractivity contribution in [2.45, 2.75) is 76.2 Å². The summed E-state index contributed by atoms with van der Waals surface area (Å²) in [6.45, 7) is 15.4. The van der Waals surface area contributed by atoms with E-state index in [1.807, 2.05) is 27.7 Å². The number of aliphatic hydroxyl groups is 1. The van der Waals surface area contributed by atoms with Crippen molar-refractivity contribution < 1.29 is 29.0 Å². The molecule has 3 fully saturated rings. The van der Waals surface area contributed by atoms with Gasteiger partial charge in [-0.05, 0) is 46.5 Å². The van der Waals surface area contributed by atoms with Gasteiger partial charge in [-0.1, -0.05) is 19.1 Å². The highest BCUT2D eigenvalue weighted by molar-refractivity contribution is 5.98. The molecule has 33 heavy (non-hydrogen) atoms. The third-order valence-electron chi connectivity index (χ3n) is 7.46. The largest absolute Gasteiger partial charge is 0.465 e. The van der Waals surface area contributed by atoms with Gasteiger partial charge in [0, 0.05) is 18.6 Å². The lowest BCUT2D eigenvalue weighted by Crippen LogP contribution is -2.60. The van der Waals surface area contributed by atoms with Gasteiger partial charge in [-0.2, -0.15) is 0 Å². The number of likely N-dealkylation sites (tertiary alicyclic amines) is 1. The van der Waals surface area contributed by atoms with Gasteiger partial charge in [0.05, 0.1) is 24.7 Å². The van der Waals surface area contributed by atoms with Gasteiger partial charge < -0.3 is 24.4 Å². The lowest BCUT2D eigenvalue weighted by atomic mass is 9.65. The number of rotatable bonds is 10. The molecule has 3 rings (SSSR count). The minimum atomic E-state index is -1.12. The first-order chi connectivity index (χ1) is 15.5. The van der Waals surface area contributed by atoms with E-state index in [0.29, 0.717) is 32.2 Å². The molecule has 0 aromatic carbocycles. The molecule has 1 N–H and O–H groups in total. The van der Waals surface area contributed by atoms with Crippen molar-refractivity contribution in [3.05, 3.63) is 25.3 Å². The van der Waals surface area contributed by atoms with Gasteiger partial charge in [0.1, 0.15) is 17.6 Å². The summed E-state index contributed by atoms with van der Waals surface area (Å²) >= 11 is 0. The molecule has 0 radical (unpaired) electrons. The van der Waals surface area contributed by atoms with Crippen LogP contribution in [0.25, 0.3) is 0 Å². The van der Waals surface area contributed by atoms with E-state index in [-0.39, 0.29) is 31.6 Å². The van der Waals surface area contributed by atoms with Gasteiger partial charge in [0.2, 0.25) is 11.8 Å². The molecular weight excluding hydrogens is 424 g/mol. The molecule has 3 heterocycles. The van der Waals surface area contributed by atoms with E-state index in [0.717, 1.165) is 0 Å². The first-order valence-electron chi connectivity index (χ1n) is 11.9. The number of hydrogen-bond donors (Lipinski definition) is 1. The number of hydrogen-bond acceptors (Lipinski definition) is 6. The van der Waals surface area contributed by atoms with Crippen LogP contribution in [0, 0.1) is 11.8 Å². The molecule has 1 spiro atoms. The molecule has 184 valence electrons. The van der Waals surface area contributed by atoms with Crippen LogP contribution in [0.3, 0.4) is 0 Å². The van der Waals surface area contributed by atoms with E-state index in [4.69, 9.17) is 9.47 Å². The summed E-state index contributed by atoms with van der Waals surface area (Å²) in [4.78, 5) is 44.1. The van der Waals surface area contributed by atoms with Gasteiger partial charge in [-0.15, -0.1) is 13.2 Å². The zero-order chi connectivity index (χ0) is 24.6. The van der Waals surface area contributed by atoms with Crippen LogP contribution < -0.4 is 0 Å². The fraction of sp³-hybridized carbons (Fsp3) is 0.720. The predicted octanol–water partition coefficient (Wildman–Crippen LogP) is 2.07. The summed E-state index contributed by atoms with van der Waals surface area (Å²) in [6.07, 6.45) is 5.45. The van der Waals surface area contributed by atoms with Gasteiger partial charge in [0.15, 0.2) is 0 Å². The van der Waals surface area contributed by atoms with Crippen LogP contribution in [0.1, 0.15) is 53.4 Å². The zero-order valence-corrected chi connectivity index (χ0v) is 20.3. The highest BCUT2D eigenvalue weighted by atomic mass is 16.6. The van der Waals surface area contributed by atoms with Crippen molar-refractivity contribution in [1.29, 1.82) is 0 Å². The van der Waals surface area contributed by atoms with Gasteiger partial charge in [-0.25, -0.2) is 0 Å². The number of carbonyl (C=O) groups is 3. The van der Waals surface area contributed by atoms with E-state index in [2.05, 4.69) is 13.2 Å². The summed E-state index contributed by atoms with van der Waals surface area (Å²) in [7, 11) is 0. The first-order valence-corrected chi connectivity index (χ1v) is 11.9. The summed E-state index contributed by atoms with van der Waals surface area (Å²) in [5, 5.41) is 9.71. The number of esters is 1. The normalized spacial score (nSPS) is 32.6. The fourth-order valence-electron chi connectivity index (χ4n) is 6.01. The molecule has 0 aliphatic carbocycles. The number of amides is 2. The number of ether oxygens (including phenoxy) is 2. The molecule has 0 aromatic rings. The topological polar surface area (TPSA) is 96.4 Å². The Kier molecular flexibility index (Phi) is 7.10. The average molecular weight is 463 g/mol. The SMILES string of the molecule is C=CCCOC(=O)[C@@H]1[C@H]2C(=O)N(CCO)C(C(=O)N(CC=C)C(C)(C)C)C23CC[C@@]1(CC)O3. The second-order valence-electron chi connectivity index (χ2n) is 10.2. The Bertz CT molecular complexity index is 820. The Labute approximate surface area is 196 Å². The van der Waals surface area contributed by atoms with Crippen LogP contribution in [0.4, 0.5) is 0 Å². The first kappa shape index (κ1) is 25.4. The highest BCUT2D eigenvalue weighted by Crippen LogP contribution is 2.64. The van der Waals surface area contributed by atoms with Crippen LogP contribution in [-0.4, -0.2) is 81.8 Å². The molecule has 0 saturated carbocycles. The number of carbonyl (C=O) groups excluding carboxylic acids is 3. The standard InChI is InChI=1S/C25H38N2O6/c1-7-10-16-32-22(31)18-17-20(29)26(14-15-28)19(21(30)27(13-8-2)23(4,5)6)25(17)12-11-24(18,9-3)33-25/h7-8,17-19,28H,1-2,9-16H2,3-6H3/t17-,18-,19?,24+,25?/m0/s1. The van der Waals surface area contributed by atoms with Crippen molar-refractivity contribution in [2.24, 2.45) is 11.8 Å². The van der Waals surface area contributed by atoms with Crippen LogP contribution in [0.5, 0.6) is 0 Å². The van der Waals surface area contributed by atoms with Crippen molar-refractivity contribution in [2.75, 3.05) is 26.3 Å². The van der Waals surface area contributed by atoms with E-state index in [1.54, 1.807) is 17.1 Å². The number of fused-ring (bicyclic) bond motifs is 1. The Morgan fingerprint density at radius 1 is 1.30 bits per heavy atom. The lowest BCUT2D eigenvalue weighted by molar-refractivity contribution is -0.162. The molecular formula is C25H38N2O6. The molecule has 8 nitrogen and oxygen atoms in total. The van der Waals surface area contributed by atoms with Gasteiger partial charge in [0.25, 0.3) is 0 Å². The third kappa shape index (κ3) is 3.91. The predicted molar refractivity (Wildman–Crippen MR) is 123 cm³/mol. The maximum atomic E-state index is 14.0. The minimum Gasteiger partial charge on any atom is -0.465 e. The maximum Gasteiger partial charge on any atom is 0.312 e. The number of aliphatic hydroxyl groups excluding tert-OH is 1. The van der Waals surface area contributed by atoms with Crippen LogP contribution >= 0.6 is 0 Å².